The highest BCUT2D eigenvalue weighted by Crippen LogP contribution is 2.31. The summed E-state index contributed by atoms with van der Waals surface area (Å²) in [5, 5.41) is 3.68. The van der Waals surface area contributed by atoms with Gasteiger partial charge in [0.2, 0.25) is 0 Å². The van der Waals surface area contributed by atoms with Crippen molar-refractivity contribution in [1.29, 1.82) is 0 Å². The first-order valence-corrected chi connectivity index (χ1v) is 11.5. The molecule has 4 rings (SSSR count). The Labute approximate surface area is 194 Å². The van der Waals surface area contributed by atoms with Gasteiger partial charge in [0.15, 0.2) is 0 Å². The Morgan fingerprint density at radius 1 is 1.03 bits per heavy atom. The van der Waals surface area contributed by atoms with Crippen LogP contribution in [0.2, 0.25) is 0 Å². The summed E-state index contributed by atoms with van der Waals surface area (Å²) in [4.78, 5) is 31.1. The molecule has 0 aliphatic carbocycles. The van der Waals surface area contributed by atoms with Crippen molar-refractivity contribution in [3.8, 4) is 5.75 Å². The number of hydrogen-bond donors (Lipinski definition) is 1. The highest BCUT2D eigenvalue weighted by atomic mass is 16.5. The molecule has 2 aromatic carbocycles. The van der Waals surface area contributed by atoms with E-state index in [-0.39, 0.29) is 24.0 Å². The molecule has 1 N–H and O–H groups in total. The second-order valence-electron chi connectivity index (χ2n) is 8.65. The third-order valence-electron chi connectivity index (χ3n) is 6.49. The van der Waals surface area contributed by atoms with Crippen molar-refractivity contribution in [2.24, 2.45) is 0 Å². The summed E-state index contributed by atoms with van der Waals surface area (Å²) in [6.45, 7) is 9.10. The fourth-order valence-electron chi connectivity index (χ4n) is 4.91. The van der Waals surface area contributed by atoms with Crippen molar-refractivity contribution in [1.82, 2.24) is 19.7 Å². The molecule has 7 heteroatoms. The molecule has 1 aliphatic rings. The van der Waals surface area contributed by atoms with Crippen molar-refractivity contribution in [3.05, 3.63) is 65.9 Å². The van der Waals surface area contributed by atoms with Crippen molar-refractivity contribution in [2.45, 2.75) is 39.4 Å². The zero-order valence-electron chi connectivity index (χ0n) is 19.7. The van der Waals surface area contributed by atoms with E-state index in [4.69, 9.17) is 4.74 Å². The van der Waals surface area contributed by atoms with Gasteiger partial charge < -0.3 is 15.0 Å². The van der Waals surface area contributed by atoms with Crippen LogP contribution in [0.3, 0.4) is 0 Å². The van der Waals surface area contributed by atoms with E-state index >= 15 is 0 Å². The summed E-state index contributed by atoms with van der Waals surface area (Å²) in [5.74, 6) is 0.345. The Morgan fingerprint density at radius 3 is 2.36 bits per heavy atom. The molecule has 1 fully saturated rings. The highest BCUT2D eigenvalue weighted by Gasteiger charge is 2.32. The van der Waals surface area contributed by atoms with Crippen LogP contribution in [0, 0.1) is 0 Å². The number of carbonyl (C=O) groups excluding carboxylic acids is 2. The van der Waals surface area contributed by atoms with Gasteiger partial charge in [-0.25, -0.2) is 4.79 Å². The molecule has 2 heterocycles. The first-order valence-electron chi connectivity index (χ1n) is 11.5. The molecule has 3 aromatic rings. The number of para-hydroxylation sites is 1. The smallest absolute Gasteiger partial charge is 0.328 e. The fraction of sp³-hybridized carbons (Fsp3) is 0.385. The quantitative estimate of drug-likeness (QED) is 0.642. The average Bonchev–Trinajstić information content (AvgIpc) is 3.22. The number of piperazine rings is 1. The minimum atomic E-state index is -0.221. The van der Waals surface area contributed by atoms with Gasteiger partial charge in [-0.15, -0.1) is 0 Å². The molecule has 174 valence electrons. The van der Waals surface area contributed by atoms with Crippen molar-refractivity contribution in [2.75, 3.05) is 26.7 Å². The molecule has 1 aliphatic heterocycles. The minimum Gasteiger partial charge on any atom is -0.495 e. The lowest BCUT2D eigenvalue weighted by atomic mass is 10.1. The lowest BCUT2D eigenvalue weighted by Crippen LogP contribution is -2.58. The molecule has 33 heavy (non-hydrogen) atoms. The Morgan fingerprint density at radius 2 is 1.73 bits per heavy atom. The van der Waals surface area contributed by atoms with Gasteiger partial charge in [-0.1, -0.05) is 49.4 Å². The lowest BCUT2D eigenvalue weighted by molar-refractivity contribution is 0.0605. The van der Waals surface area contributed by atoms with E-state index in [1.807, 2.05) is 53.4 Å². The molecule has 0 spiro atoms. The number of fused-ring (bicyclic) bond motifs is 1. The molecule has 1 aromatic heterocycles. The number of nitrogens with one attached hydrogen (secondary N) is 1. The number of rotatable bonds is 5. The van der Waals surface area contributed by atoms with Crippen LogP contribution in [0.5, 0.6) is 5.75 Å². The van der Waals surface area contributed by atoms with Crippen LogP contribution >= 0.6 is 0 Å². The number of carbonyl (C=O) groups is 2. The van der Waals surface area contributed by atoms with E-state index in [2.05, 4.69) is 31.0 Å². The Balaban J connectivity index is 1.67. The third kappa shape index (κ3) is 4.46. The second-order valence-corrected chi connectivity index (χ2v) is 8.65. The number of nitrogens with zero attached hydrogens (tertiary/aromatic N) is 3. The number of ether oxygens (including phenoxy) is 1. The van der Waals surface area contributed by atoms with E-state index in [9.17, 15) is 9.59 Å². The van der Waals surface area contributed by atoms with Crippen LogP contribution in [0.25, 0.3) is 10.9 Å². The number of amides is 2. The zero-order valence-corrected chi connectivity index (χ0v) is 19.7. The predicted octanol–water partition coefficient (Wildman–Crippen LogP) is 3.96. The van der Waals surface area contributed by atoms with E-state index in [1.165, 1.54) is 0 Å². The summed E-state index contributed by atoms with van der Waals surface area (Å²) in [6.07, 6.45) is 1.65. The summed E-state index contributed by atoms with van der Waals surface area (Å²) < 4.78 is 7.15. The van der Waals surface area contributed by atoms with Gasteiger partial charge in [-0.3, -0.25) is 14.3 Å². The molecule has 7 nitrogen and oxygen atoms in total. The zero-order chi connectivity index (χ0) is 23.5. The monoisotopic (exact) mass is 448 g/mol. The molecule has 0 saturated carbocycles. The largest absolute Gasteiger partial charge is 0.495 e. The van der Waals surface area contributed by atoms with E-state index < -0.39 is 0 Å². The molecular formula is C26H32N4O3. The van der Waals surface area contributed by atoms with E-state index in [0.717, 1.165) is 12.1 Å². The van der Waals surface area contributed by atoms with Gasteiger partial charge in [0, 0.05) is 43.3 Å². The van der Waals surface area contributed by atoms with Crippen molar-refractivity contribution < 1.29 is 14.3 Å². The topological polar surface area (TPSA) is 66.8 Å². The van der Waals surface area contributed by atoms with E-state index in [1.54, 1.807) is 17.9 Å². The van der Waals surface area contributed by atoms with Gasteiger partial charge in [0.25, 0.3) is 5.91 Å². The second kappa shape index (κ2) is 9.67. The molecule has 0 unspecified atom stereocenters. The maximum atomic E-state index is 13.7. The summed E-state index contributed by atoms with van der Waals surface area (Å²) >= 11 is 0. The molecule has 0 bridgehead atoms. The van der Waals surface area contributed by atoms with Gasteiger partial charge in [-0.2, -0.15) is 0 Å². The molecule has 0 radical (unpaired) electrons. The standard InChI is InChI=1S/C26H32N4O3/c1-5-29-18(2)15-28(16-19(29)3)26(32)30-17-22(21-12-9-13-23(33-4)24(21)30)25(31)27-14-20-10-7-6-8-11-20/h6-13,17-19H,5,14-16H2,1-4H3,(H,27,31)/t18-,19-/m1/s1. The van der Waals surface area contributed by atoms with Crippen molar-refractivity contribution in [3.63, 3.8) is 0 Å². The van der Waals surface area contributed by atoms with E-state index in [0.29, 0.717) is 41.9 Å². The number of benzene rings is 2. The highest BCUT2D eigenvalue weighted by molar-refractivity contribution is 6.10. The third-order valence-corrected chi connectivity index (χ3v) is 6.49. The SMILES string of the molecule is CCN1[C@H](C)CN(C(=O)n2cc(C(=O)NCc3ccccc3)c3cccc(OC)c32)C[C@H]1C. The molecular weight excluding hydrogens is 416 g/mol. The maximum Gasteiger partial charge on any atom is 0.328 e. The van der Waals surface area contributed by atoms with Crippen LogP contribution in [-0.4, -0.2) is 65.1 Å². The minimum absolute atomic E-state index is 0.138. The molecule has 1 saturated heterocycles. The number of methoxy groups -OCH3 is 1. The van der Waals surface area contributed by atoms with Crippen LogP contribution in [0.15, 0.2) is 54.7 Å². The van der Waals surface area contributed by atoms with Crippen LogP contribution in [0.4, 0.5) is 4.79 Å². The van der Waals surface area contributed by atoms with Gasteiger partial charge in [-0.05, 0) is 32.0 Å². The Hall–Kier alpha value is -3.32. The Bertz CT molecular complexity index is 1130. The number of likely N-dealkylation sites (N-methyl/N-ethyl adjacent to an activating group) is 1. The number of hydrogen-bond acceptors (Lipinski definition) is 4. The van der Waals surface area contributed by atoms with Gasteiger partial charge in [0.1, 0.15) is 11.3 Å². The average molecular weight is 449 g/mol. The summed E-state index contributed by atoms with van der Waals surface area (Å²) in [5.41, 5.74) is 2.09. The normalized spacial score (nSPS) is 19.0. The summed E-state index contributed by atoms with van der Waals surface area (Å²) in [7, 11) is 1.58. The summed E-state index contributed by atoms with van der Waals surface area (Å²) in [6, 6.07) is 15.7. The lowest BCUT2D eigenvalue weighted by Gasteiger charge is -2.43. The van der Waals surface area contributed by atoms with Crippen molar-refractivity contribution >= 4 is 22.8 Å². The molecule has 2 amide bonds. The first kappa shape index (κ1) is 22.9. The fourth-order valence-corrected chi connectivity index (χ4v) is 4.91. The van der Waals surface area contributed by atoms with Crippen LogP contribution < -0.4 is 10.1 Å². The van der Waals surface area contributed by atoms with Crippen LogP contribution in [-0.2, 0) is 6.54 Å². The maximum absolute atomic E-state index is 13.7. The van der Waals surface area contributed by atoms with Gasteiger partial charge >= 0.3 is 6.03 Å². The number of aromatic nitrogens is 1. The predicted molar refractivity (Wildman–Crippen MR) is 130 cm³/mol. The Kier molecular flexibility index (Phi) is 6.70. The molecule has 2 atom stereocenters. The van der Waals surface area contributed by atoms with Crippen LogP contribution in [0.1, 0.15) is 36.7 Å². The first-order chi connectivity index (χ1) is 15.9. The van der Waals surface area contributed by atoms with Gasteiger partial charge in [0.05, 0.1) is 12.7 Å².